The summed E-state index contributed by atoms with van der Waals surface area (Å²) in [5, 5.41) is 4.88. The molecule has 0 saturated heterocycles. The topological polar surface area (TPSA) is 112 Å². The third-order valence-electron chi connectivity index (χ3n) is 4.93. The van der Waals surface area contributed by atoms with Crippen LogP contribution in [-0.4, -0.2) is 18.4 Å². The molecule has 3 aromatic carbocycles. The molecule has 0 unspecified atom stereocenters. The molecule has 0 aliphatic carbocycles. The number of rotatable bonds is 3. The predicted molar refractivity (Wildman–Crippen MR) is 116 cm³/mol. The van der Waals surface area contributed by atoms with Crippen LogP contribution >= 0.6 is 11.6 Å². The molecule has 13 heteroatoms. The van der Waals surface area contributed by atoms with Crippen LogP contribution in [0.3, 0.4) is 0 Å². The largest absolute Gasteiger partial charge is 0.418 e. The summed E-state index contributed by atoms with van der Waals surface area (Å²) >= 11 is 5.84. The van der Waals surface area contributed by atoms with E-state index in [1.807, 2.05) is 0 Å². The highest BCUT2D eigenvalue weighted by molar-refractivity contribution is 7.89. The lowest BCUT2D eigenvalue weighted by molar-refractivity contribution is -0.139. The molecule has 1 aromatic heterocycles. The molecule has 0 fully saturated rings. The van der Waals surface area contributed by atoms with Crippen molar-refractivity contribution in [1.29, 1.82) is 0 Å². The third-order valence-corrected chi connectivity index (χ3v) is 6.08. The highest BCUT2D eigenvalue weighted by Gasteiger charge is 2.40. The zero-order valence-corrected chi connectivity index (χ0v) is 18.2. The van der Waals surface area contributed by atoms with Crippen molar-refractivity contribution in [2.45, 2.75) is 11.1 Å². The van der Waals surface area contributed by atoms with E-state index in [-0.39, 0.29) is 11.5 Å². The second kappa shape index (κ2) is 8.15. The maximum atomic E-state index is 15.6. The minimum Gasteiger partial charge on any atom is -0.368 e. The second-order valence-corrected chi connectivity index (χ2v) is 9.12. The summed E-state index contributed by atoms with van der Waals surface area (Å²) in [4.78, 5) is 6.44. The van der Waals surface area contributed by atoms with Crippen molar-refractivity contribution >= 4 is 38.5 Å². The second-order valence-electron chi connectivity index (χ2n) is 7.15. The summed E-state index contributed by atoms with van der Waals surface area (Å²) in [5.74, 6) is -2.46. The third kappa shape index (κ3) is 4.27. The highest BCUT2D eigenvalue weighted by atomic mass is 35.5. The number of hydrogen-bond donors (Lipinski definition) is 2. The van der Waals surface area contributed by atoms with Crippen molar-refractivity contribution in [2.24, 2.45) is 5.14 Å². The van der Waals surface area contributed by atoms with Gasteiger partial charge in [0.25, 0.3) is 0 Å². The SMILES string of the molecule is Nc1ncc2cc(-c3c(F)ccc(-c4cc(Cl)cc(S(N)(=O)=O)c4C(F)(F)F)c3F)ccc2n1. The van der Waals surface area contributed by atoms with Gasteiger partial charge in [-0.05, 0) is 47.5 Å². The lowest BCUT2D eigenvalue weighted by Gasteiger charge is -2.19. The van der Waals surface area contributed by atoms with Gasteiger partial charge in [-0.15, -0.1) is 0 Å². The Morgan fingerprint density at radius 2 is 1.68 bits per heavy atom. The summed E-state index contributed by atoms with van der Waals surface area (Å²) < 4.78 is 95.8. The van der Waals surface area contributed by atoms with Gasteiger partial charge in [-0.1, -0.05) is 17.7 Å². The van der Waals surface area contributed by atoms with E-state index in [0.29, 0.717) is 17.0 Å². The van der Waals surface area contributed by atoms with Gasteiger partial charge >= 0.3 is 6.18 Å². The number of halogens is 6. The molecule has 4 aromatic rings. The first-order chi connectivity index (χ1) is 15.8. The standard InChI is InChI=1S/C21H12ClF5N4O2S/c22-11-6-13(18(21(25,26)27)16(7-11)34(29,32)33)12-2-3-14(23)17(19(12)24)9-1-4-15-10(5-9)8-30-20(28)31-15/h1-8H,(H2,28,30,31)(H2,29,32,33). The molecule has 0 aliphatic heterocycles. The minimum atomic E-state index is -5.26. The first-order valence-electron chi connectivity index (χ1n) is 9.22. The van der Waals surface area contributed by atoms with Gasteiger partial charge in [-0.2, -0.15) is 13.2 Å². The molecule has 176 valence electrons. The molecule has 34 heavy (non-hydrogen) atoms. The van der Waals surface area contributed by atoms with Gasteiger partial charge in [0.2, 0.25) is 16.0 Å². The zero-order valence-electron chi connectivity index (χ0n) is 16.7. The molecule has 0 radical (unpaired) electrons. The van der Waals surface area contributed by atoms with E-state index in [2.05, 4.69) is 9.97 Å². The van der Waals surface area contributed by atoms with Crippen LogP contribution in [0.15, 0.2) is 53.6 Å². The van der Waals surface area contributed by atoms with Crippen molar-refractivity contribution < 1.29 is 30.4 Å². The summed E-state index contributed by atoms with van der Waals surface area (Å²) in [6.07, 6.45) is -3.94. The average molecular weight is 515 g/mol. The van der Waals surface area contributed by atoms with Gasteiger partial charge in [-0.3, -0.25) is 0 Å². The fourth-order valence-corrected chi connectivity index (χ4v) is 4.62. The Bertz CT molecular complexity index is 1580. The van der Waals surface area contributed by atoms with Gasteiger partial charge in [0, 0.05) is 22.2 Å². The number of sulfonamides is 1. The molecule has 0 aliphatic rings. The van der Waals surface area contributed by atoms with Crippen molar-refractivity contribution in [2.75, 3.05) is 5.73 Å². The number of nitrogens with two attached hydrogens (primary N) is 2. The van der Waals surface area contributed by atoms with Crippen LogP contribution in [0.25, 0.3) is 33.2 Å². The van der Waals surface area contributed by atoms with E-state index in [0.717, 1.165) is 18.2 Å². The molecular weight excluding hydrogens is 503 g/mol. The molecule has 4 N–H and O–H groups in total. The summed E-state index contributed by atoms with van der Waals surface area (Å²) in [5.41, 5.74) is 1.84. The van der Waals surface area contributed by atoms with Crippen LogP contribution in [-0.2, 0) is 16.2 Å². The average Bonchev–Trinajstić information content (AvgIpc) is 2.71. The van der Waals surface area contributed by atoms with Crippen LogP contribution in [0.4, 0.5) is 27.9 Å². The summed E-state index contributed by atoms with van der Waals surface area (Å²) in [6.45, 7) is 0. The van der Waals surface area contributed by atoms with Gasteiger partial charge in [0.15, 0.2) is 0 Å². The van der Waals surface area contributed by atoms with Crippen LogP contribution < -0.4 is 10.9 Å². The van der Waals surface area contributed by atoms with Gasteiger partial charge in [-0.25, -0.2) is 32.3 Å². The quantitative estimate of drug-likeness (QED) is 0.367. The Labute approximate surface area is 194 Å². The molecule has 0 bridgehead atoms. The number of benzene rings is 3. The number of nitrogens with zero attached hydrogens (tertiary/aromatic N) is 2. The van der Waals surface area contributed by atoms with Gasteiger partial charge < -0.3 is 5.73 Å². The van der Waals surface area contributed by atoms with Crippen LogP contribution in [0.5, 0.6) is 0 Å². The van der Waals surface area contributed by atoms with E-state index in [1.54, 1.807) is 0 Å². The summed E-state index contributed by atoms with van der Waals surface area (Å²) in [6, 6.07) is 6.81. The normalized spacial score (nSPS) is 12.3. The van der Waals surface area contributed by atoms with Crippen LogP contribution in [0.2, 0.25) is 5.02 Å². The smallest absolute Gasteiger partial charge is 0.368 e. The maximum Gasteiger partial charge on any atom is 0.418 e. The Morgan fingerprint density at radius 1 is 0.971 bits per heavy atom. The lowest BCUT2D eigenvalue weighted by atomic mass is 9.94. The fourth-order valence-electron chi connectivity index (χ4n) is 3.54. The fraction of sp³-hybridized carbons (Fsp3) is 0.0476. The number of fused-ring (bicyclic) bond motifs is 1. The maximum absolute atomic E-state index is 15.6. The number of nitrogen functional groups attached to an aromatic ring is 1. The Morgan fingerprint density at radius 3 is 2.32 bits per heavy atom. The van der Waals surface area contributed by atoms with Crippen LogP contribution in [0.1, 0.15) is 5.56 Å². The van der Waals surface area contributed by atoms with Crippen molar-refractivity contribution in [3.05, 3.63) is 70.9 Å². The van der Waals surface area contributed by atoms with E-state index < -0.39 is 60.0 Å². The van der Waals surface area contributed by atoms with Crippen molar-refractivity contribution in [1.82, 2.24) is 9.97 Å². The van der Waals surface area contributed by atoms with Gasteiger partial charge in [0.05, 0.1) is 21.5 Å². The first-order valence-corrected chi connectivity index (χ1v) is 11.1. The Hall–Kier alpha value is -3.35. The van der Waals surface area contributed by atoms with E-state index in [9.17, 15) is 26.0 Å². The molecule has 0 spiro atoms. The van der Waals surface area contributed by atoms with Crippen molar-refractivity contribution in [3.8, 4) is 22.3 Å². The van der Waals surface area contributed by atoms with Crippen molar-refractivity contribution in [3.63, 3.8) is 0 Å². The Kier molecular flexibility index (Phi) is 5.70. The number of primary sulfonamides is 1. The number of alkyl halides is 3. The van der Waals surface area contributed by atoms with E-state index in [1.165, 1.54) is 24.4 Å². The molecule has 0 atom stereocenters. The van der Waals surface area contributed by atoms with E-state index >= 15 is 4.39 Å². The number of aromatic nitrogens is 2. The minimum absolute atomic E-state index is 0.0223. The number of anilines is 1. The van der Waals surface area contributed by atoms with E-state index in [4.69, 9.17) is 22.5 Å². The Balaban J connectivity index is 2.04. The monoisotopic (exact) mass is 514 g/mol. The zero-order chi connectivity index (χ0) is 25.0. The molecule has 6 nitrogen and oxygen atoms in total. The number of hydrogen-bond acceptors (Lipinski definition) is 5. The van der Waals surface area contributed by atoms with Gasteiger partial charge in [0.1, 0.15) is 11.6 Å². The first kappa shape index (κ1) is 23.8. The lowest BCUT2D eigenvalue weighted by Crippen LogP contribution is -2.20. The summed E-state index contributed by atoms with van der Waals surface area (Å²) in [7, 11) is -4.91. The predicted octanol–water partition coefficient (Wildman–Crippen LogP) is 5.14. The highest BCUT2D eigenvalue weighted by Crippen LogP contribution is 2.44. The molecule has 0 amide bonds. The molecular formula is C21H12ClF5N4O2S. The molecule has 0 saturated carbocycles. The molecule has 1 heterocycles. The van der Waals surface area contributed by atoms with Crippen LogP contribution in [0, 0.1) is 11.6 Å². The molecule has 4 rings (SSSR count).